The lowest BCUT2D eigenvalue weighted by Crippen LogP contribution is -2.36. The number of benzene rings is 2. The number of anilines is 3. The lowest BCUT2D eigenvalue weighted by Gasteiger charge is -2.30. The Morgan fingerprint density at radius 1 is 0.784 bits per heavy atom. The summed E-state index contributed by atoms with van der Waals surface area (Å²) >= 11 is 0. The minimum absolute atomic E-state index is 0.00501. The number of hydrogen-bond acceptors (Lipinski definition) is 8. The maximum Gasteiger partial charge on any atom is 0.248 e. The molecule has 0 bridgehead atoms. The Morgan fingerprint density at radius 3 is 2.05 bits per heavy atom. The van der Waals surface area contributed by atoms with Crippen LogP contribution in [0.3, 0.4) is 0 Å². The molecule has 0 amide bonds. The summed E-state index contributed by atoms with van der Waals surface area (Å²) in [5, 5.41) is 16.1. The van der Waals surface area contributed by atoms with Crippen LogP contribution in [0, 0.1) is 0 Å². The summed E-state index contributed by atoms with van der Waals surface area (Å²) in [4.78, 5) is 4.76. The molecule has 3 aromatic rings. The van der Waals surface area contributed by atoms with E-state index < -0.39 is 0 Å². The van der Waals surface area contributed by atoms with Crippen LogP contribution in [0.2, 0.25) is 0 Å². The molecule has 1 atom stereocenters. The standard InChI is InChI=1S/C28H31N7O2/c1-6-23(33-11-15-36-16-12-33)7-2-20(1)19-22-5-10-25-26(22)29-28-30-31-32-35(28)27(25)21-3-8-24(9-4-21)34-13-17-37-18-14-34/h1-4,6-9,19,27H,5,10-18H2,(H,29,30,32). The van der Waals surface area contributed by atoms with Gasteiger partial charge in [0, 0.05) is 43.3 Å². The second-order valence-corrected chi connectivity index (χ2v) is 9.93. The quantitative estimate of drug-likeness (QED) is 0.587. The first kappa shape index (κ1) is 22.5. The van der Waals surface area contributed by atoms with Crippen molar-refractivity contribution in [3.05, 3.63) is 76.5 Å². The van der Waals surface area contributed by atoms with Gasteiger partial charge in [0.15, 0.2) is 0 Å². The number of aromatic nitrogens is 4. The Bertz CT molecular complexity index is 1320. The molecule has 1 aliphatic carbocycles. The highest BCUT2D eigenvalue weighted by Gasteiger charge is 2.35. The third kappa shape index (κ3) is 4.28. The van der Waals surface area contributed by atoms with Crippen molar-refractivity contribution in [3.63, 3.8) is 0 Å². The van der Waals surface area contributed by atoms with Gasteiger partial charge >= 0.3 is 0 Å². The van der Waals surface area contributed by atoms with Gasteiger partial charge in [-0.05, 0) is 75.9 Å². The van der Waals surface area contributed by atoms with Crippen LogP contribution in [0.5, 0.6) is 0 Å². The first-order chi connectivity index (χ1) is 18.3. The van der Waals surface area contributed by atoms with Gasteiger partial charge in [-0.15, -0.1) is 0 Å². The molecule has 2 saturated heterocycles. The predicted molar refractivity (Wildman–Crippen MR) is 143 cm³/mol. The Balaban J connectivity index is 1.17. The highest BCUT2D eigenvalue weighted by Crippen LogP contribution is 2.45. The van der Waals surface area contributed by atoms with Crippen molar-refractivity contribution in [3.8, 4) is 0 Å². The Kier molecular flexibility index (Phi) is 5.87. The number of allylic oxidation sites excluding steroid dienone is 2. The number of ether oxygens (including phenoxy) is 2. The summed E-state index contributed by atoms with van der Waals surface area (Å²) in [5.74, 6) is 0.691. The normalized spacial score (nSPS) is 22.7. The molecule has 0 saturated carbocycles. The average molecular weight is 498 g/mol. The fourth-order valence-corrected chi connectivity index (χ4v) is 5.85. The Morgan fingerprint density at radius 2 is 1.41 bits per heavy atom. The van der Waals surface area contributed by atoms with Crippen molar-refractivity contribution >= 4 is 23.4 Å². The highest BCUT2D eigenvalue weighted by atomic mass is 16.5. The fraction of sp³-hybridized carbons (Fsp3) is 0.393. The van der Waals surface area contributed by atoms with Gasteiger partial charge in [0.1, 0.15) is 6.04 Å². The van der Waals surface area contributed by atoms with Gasteiger partial charge in [-0.25, -0.2) is 0 Å². The molecule has 2 aromatic carbocycles. The molecule has 2 fully saturated rings. The van der Waals surface area contributed by atoms with Crippen molar-refractivity contribution in [2.24, 2.45) is 0 Å². The van der Waals surface area contributed by atoms with Crippen molar-refractivity contribution in [1.82, 2.24) is 20.2 Å². The number of hydrogen-bond donors (Lipinski definition) is 1. The number of nitrogens with zero attached hydrogens (tertiary/aromatic N) is 6. The number of rotatable bonds is 4. The van der Waals surface area contributed by atoms with Crippen LogP contribution in [0.4, 0.5) is 17.3 Å². The summed E-state index contributed by atoms with van der Waals surface area (Å²) < 4.78 is 12.9. The number of tetrazole rings is 1. The van der Waals surface area contributed by atoms with Crippen molar-refractivity contribution in [2.75, 3.05) is 67.7 Å². The van der Waals surface area contributed by atoms with E-state index in [-0.39, 0.29) is 6.04 Å². The summed E-state index contributed by atoms with van der Waals surface area (Å²) in [5.41, 5.74) is 8.72. The third-order valence-electron chi connectivity index (χ3n) is 7.81. The monoisotopic (exact) mass is 497 g/mol. The fourth-order valence-electron chi connectivity index (χ4n) is 5.85. The van der Waals surface area contributed by atoms with E-state index in [4.69, 9.17) is 9.47 Å². The molecule has 3 aliphatic heterocycles. The van der Waals surface area contributed by atoms with Gasteiger partial charge in [-0.3, -0.25) is 0 Å². The maximum atomic E-state index is 5.51. The Labute approximate surface area is 216 Å². The van der Waals surface area contributed by atoms with E-state index >= 15 is 0 Å². The summed E-state index contributed by atoms with van der Waals surface area (Å²) in [7, 11) is 0. The maximum absolute atomic E-state index is 5.51. The van der Waals surface area contributed by atoms with Crippen LogP contribution in [0.1, 0.15) is 30.0 Å². The van der Waals surface area contributed by atoms with E-state index in [9.17, 15) is 0 Å². The zero-order valence-corrected chi connectivity index (χ0v) is 20.8. The van der Waals surface area contributed by atoms with E-state index in [0.717, 1.165) is 65.4 Å². The second kappa shape index (κ2) is 9.64. The van der Waals surface area contributed by atoms with E-state index in [2.05, 4.69) is 85.2 Å². The van der Waals surface area contributed by atoms with Gasteiger partial charge in [0.25, 0.3) is 0 Å². The second-order valence-electron chi connectivity index (χ2n) is 9.93. The number of fused-ring (bicyclic) bond motifs is 1. The first-order valence-corrected chi connectivity index (χ1v) is 13.2. The average Bonchev–Trinajstić information content (AvgIpc) is 3.60. The van der Waals surface area contributed by atoms with E-state index in [1.807, 2.05) is 4.68 Å². The summed E-state index contributed by atoms with van der Waals surface area (Å²) in [6.07, 6.45) is 4.27. The number of morpholine rings is 2. The van der Waals surface area contributed by atoms with Gasteiger partial charge in [0.2, 0.25) is 5.95 Å². The molecule has 4 heterocycles. The molecule has 0 radical (unpaired) electrons. The topological polar surface area (TPSA) is 80.6 Å². The zero-order valence-electron chi connectivity index (χ0n) is 20.8. The van der Waals surface area contributed by atoms with Gasteiger partial charge < -0.3 is 24.6 Å². The van der Waals surface area contributed by atoms with Crippen LogP contribution in [0.25, 0.3) is 6.08 Å². The minimum atomic E-state index is -0.00501. The lowest BCUT2D eigenvalue weighted by molar-refractivity contribution is 0.122. The summed E-state index contributed by atoms with van der Waals surface area (Å²) in [6.45, 7) is 6.92. The lowest BCUT2D eigenvalue weighted by atomic mass is 9.96. The van der Waals surface area contributed by atoms with Crippen LogP contribution >= 0.6 is 0 Å². The zero-order chi connectivity index (χ0) is 24.6. The van der Waals surface area contributed by atoms with Crippen molar-refractivity contribution in [2.45, 2.75) is 18.9 Å². The van der Waals surface area contributed by atoms with E-state index in [1.165, 1.54) is 39.3 Å². The van der Waals surface area contributed by atoms with Crippen LogP contribution < -0.4 is 15.1 Å². The third-order valence-corrected chi connectivity index (χ3v) is 7.81. The highest BCUT2D eigenvalue weighted by molar-refractivity contribution is 5.68. The molecule has 1 N–H and O–H groups in total. The Hall–Kier alpha value is -3.69. The number of nitrogens with one attached hydrogen (secondary N) is 1. The van der Waals surface area contributed by atoms with Crippen LogP contribution in [-0.4, -0.2) is 72.8 Å². The van der Waals surface area contributed by atoms with Crippen molar-refractivity contribution in [1.29, 1.82) is 0 Å². The first-order valence-electron chi connectivity index (χ1n) is 13.2. The van der Waals surface area contributed by atoms with Gasteiger partial charge in [0.05, 0.1) is 26.4 Å². The van der Waals surface area contributed by atoms with Crippen molar-refractivity contribution < 1.29 is 9.47 Å². The van der Waals surface area contributed by atoms with Gasteiger partial charge in [-0.2, -0.15) is 4.68 Å². The molecule has 1 unspecified atom stereocenters. The molecule has 9 heteroatoms. The smallest absolute Gasteiger partial charge is 0.248 e. The van der Waals surface area contributed by atoms with Gasteiger partial charge in [-0.1, -0.05) is 29.4 Å². The molecular weight excluding hydrogens is 466 g/mol. The molecule has 0 spiro atoms. The molecule has 1 aromatic heterocycles. The molecule has 190 valence electrons. The van der Waals surface area contributed by atoms with Crippen LogP contribution in [0.15, 0.2) is 65.4 Å². The SMILES string of the molecule is C(=C1CCC2=C1Nc1nnnn1C2c1ccc(N2CCOCC2)cc1)c1ccc(N2CCOCC2)cc1. The molecule has 37 heavy (non-hydrogen) atoms. The summed E-state index contributed by atoms with van der Waals surface area (Å²) in [6, 6.07) is 17.7. The molecule has 7 rings (SSSR count). The predicted octanol–water partition coefficient (Wildman–Crippen LogP) is 3.49. The van der Waals surface area contributed by atoms with E-state index in [0.29, 0.717) is 5.95 Å². The molecular formula is C28H31N7O2. The van der Waals surface area contributed by atoms with E-state index in [1.54, 1.807) is 0 Å². The molecule has 4 aliphatic rings. The molecule has 9 nitrogen and oxygen atoms in total. The minimum Gasteiger partial charge on any atom is -0.378 e. The largest absolute Gasteiger partial charge is 0.378 e. The van der Waals surface area contributed by atoms with Crippen LogP contribution in [-0.2, 0) is 9.47 Å².